The van der Waals surface area contributed by atoms with Gasteiger partial charge in [0.2, 0.25) is 0 Å². The second-order valence-corrected chi connectivity index (χ2v) is 10.7. The lowest BCUT2D eigenvalue weighted by atomic mass is 9.90. The van der Waals surface area contributed by atoms with Crippen LogP contribution < -0.4 is 15.0 Å². The van der Waals surface area contributed by atoms with Crippen molar-refractivity contribution in [3.8, 4) is 23.3 Å². The molecule has 8 nitrogen and oxygen atoms in total. The van der Waals surface area contributed by atoms with Crippen LogP contribution in [0.25, 0.3) is 32.9 Å². The number of nitrogens with one attached hydrogen (secondary N) is 1. The van der Waals surface area contributed by atoms with Gasteiger partial charge in [-0.15, -0.1) is 0 Å². The summed E-state index contributed by atoms with van der Waals surface area (Å²) in [4.78, 5) is 15.6. The molecule has 0 saturated carbocycles. The quantitative estimate of drug-likeness (QED) is 0.363. The molecule has 2 aromatic heterocycles. The molecule has 39 heavy (non-hydrogen) atoms. The highest BCUT2D eigenvalue weighted by molar-refractivity contribution is 6.36. The summed E-state index contributed by atoms with van der Waals surface area (Å²) in [5.74, 6) is -0.803. The highest BCUT2D eigenvalue weighted by Crippen LogP contribution is 2.38. The Hall–Kier alpha value is -3.65. The molecule has 0 radical (unpaired) electrons. The minimum absolute atomic E-state index is 0.00165. The first-order valence-corrected chi connectivity index (χ1v) is 13.0. The average Bonchev–Trinajstić information content (AvgIpc) is 2.93. The van der Waals surface area contributed by atoms with Crippen molar-refractivity contribution < 1.29 is 18.3 Å². The fourth-order valence-corrected chi connectivity index (χ4v) is 5.33. The van der Waals surface area contributed by atoms with Crippen molar-refractivity contribution in [2.24, 2.45) is 5.41 Å². The van der Waals surface area contributed by atoms with Crippen LogP contribution in [0.15, 0.2) is 36.5 Å². The van der Waals surface area contributed by atoms with Crippen LogP contribution in [0.4, 0.5) is 14.6 Å². The van der Waals surface area contributed by atoms with Gasteiger partial charge in [0.25, 0.3) is 0 Å². The van der Waals surface area contributed by atoms with E-state index in [4.69, 9.17) is 21.1 Å². The second kappa shape index (κ2) is 10.2. The van der Waals surface area contributed by atoms with Crippen LogP contribution in [0.1, 0.15) is 13.3 Å². The molecule has 200 valence electrons. The topological polar surface area (TPSA) is 96.2 Å². The van der Waals surface area contributed by atoms with E-state index in [1.807, 2.05) is 11.8 Å². The normalized spacial score (nSPS) is 18.6. The molecule has 2 saturated heterocycles. The molecule has 1 unspecified atom stereocenters. The van der Waals surface area contributed by atoms with E-state index in [2.05, 4.69) is 26.3 Å². The van der Waals surface area contributed by atoms with E-state index in [1.165, 1.54) is 12.3 Å². The van der Waals surface area contributed by atoms with Crippen LogP contribution in [0.5, 0.6) is 6.01 Å². The summed E-state index contributed by atoms with van der Waals surface area (Å²) in [6.07, 6.45) is 1.86. The van der Waals surface area contributed by atoms with Crippen LogP contribution in [-0.4, -0.2) is 60.4 Å². The molecule has 0 bridgehead atoms. The molecule has 0 spiro atoms. The van der Waals surface area contributed by atoms with Gasteiger partial charge in [0.05, 0.1) is 36.1 Å². The summed E-state index contributed by atoms with van der Waals surface area (Å²) in [5, 5.41) is 13.9. The van der Waals surface area contributed by atoms with Gasteiger partial charge in [0, 0.05) is 48.2 Å². The van der Waals surface area contributed by atoms with E-state index in [0.717, 1.165) is 0 Å². The molecule has 2 aliphatic rings. The van der Waals surface area contributed by atoms with Gasteiger partial charge < -0.3 is 19.7 Å². The lowest BCUT2D eigenvalue weighted by molar-refractivity contribution is -0.121. The molecular formula is C28H25ClF2N6O2. The molecule has 1 N–H and O–H groups in total. The van der Waals surface area contributed by atoms with Crippen molar-refractivity contribution in [1.82, 2.24) is 20.3 Å². The summed E-state index contributed by atoms with van der Waals surface area (Å²) >= 11 is 6.33. The third kappa shape index (κ3) is 4.71. The highest BCUT2D eigenvalue weighted by Gasteiger charge is 2.35. The Morgan fingerprint density at radius 3 is 2.87 bits per heavy atom. The van der Waals surface area contributed by atoms with Crippen LogP contribution >= 0.6 is 11.6 Å². The molecular weight excluding hydrogens is 526 g/mol. The fourth-order valence-electron chi connectivity index (χ4n) is 5.06. The average molecular weight is 551 g/mol. The predicted octanol–water partition coefficient (Wildman–Crippen LogP) is 4.88. The molecule has 1 atom stereocenters. The molecule has 0 amide bonds. The number of nitriles is 1. The zero-order valence-electron chi connectivity index (χ0n) is 21.2. The van der Waals surface area contributed by atoms with Gasteiger partial charge in [0.1, 0.15) is 29.5 Å². The van der Waals surface area contributed by atoms with Crippen molar-refractivity contribution in [3.05, 3.63) is 53.2 Å². The summed E-state index contributed by atoms with van der Waals surface area (Å²) in [5.41, 5.74) is 0.222. The fraction of sp³-hybridized carbons (Fsp3) is 0.357. The molecule has 6 rings (SSSR count). The minimum atomic E-state index is -0.685. The Kier molecular flexibility index (Phi) is 6.67. The Morgan fingerprint density at radius 1 is 1.26 bits per heavy atom. The lowest BCUT2D eigenvalue weighted by Crippen LogP contribution is -2.51. The number of pyridine rings is 1. The number of rotatable bonds is 6. The SMILES string of the molecule is CC1(COc2nc(N3CCNC(CC#N)C3)c3cnc(-c4cccc5ccc(F)c(Cl)c45)c(F)c3n2)COC1. The number of anilines is 1. The number of benzene rings is 2. The Balaban J connectivity index is 1.50. The Bertz CT molecular complexity index is 1620. The van der Waals surface area contributed by atoms with E-state index in [-0.39, 0.29) is 33.7 Å². The maximum atomic E-state index is 16.4. The highest BCUT2D eigenvalue weighted by atomic mass is 35.5. The molecule has 4 aromatic rings. The number of hydrogen-bond acceptors (Lipinski definition) is 8. The second-order valence-electron chi connectivity index (χ2n) is 10.3. The zero-order chi connectivity index (χ0) is 27.1. The molecule has 2 aliphatic heterocycles. The van der Waals surface area contributed by atoms with Crippen molar-refractivity contribution in [1.29, 1.82) is 5.26 Å². The van der Waals surface area contributed by atoms with Gasteiger partial charge in [-0.1, -0.05) is 42.8 Å². The van der Waals surface area contributed by atoms with E-state index in [9.17, 15) is 9.65 Å². The Labute approximate surface area is 228 Å². The third-order valence-corrected chi connectivity index (χ3v) is 7.55. The molecule has 2 fully saturated rings. The summed E-state index contributed by atoms with van der Waals surface area (Å²) in [7, 11) is 0. The van der Waals surface area contributed by atoms with E-state index in [1.54, 1.807) is 24.3 Å². The van der Waals surface area contributed by atoms with Crippen molar-refractivity contribution in [2.75, 3.05) is 44.4 Å². The van der Waals surface area contributed by atoms with Crippen LogP contribution in [-0.2, 0) is 4.74 Å². The van der Waals surface area contributed by atoms with Gasteiger partial charge in [-0.05, 0) is 11.5 Å². The van der Waals surface area contributed by atoms with Gasteiger partial charge in [0.15, 0.2) is 5.82 Å². The summed E-state index contributed by atoms with van der Waals surface area (Å²) in [6.45, 7) is 5.20. The molecule has 2 aromatic carbocycles. The van der Waals surface area contributed by atoms with Crippen LogP contribution in [0.3, 0.4) is 0 Å². The first-order chi connectivity index (χ1) is 18.9. The van der Waals surface area contributed by atoms with E-state index >= 15 is 4.39 Å². The number of fused-ring (bicyclic) bond motifs is 2. The number of piperazine rings is 1. The zero-order valence-corrected chi connectivity index (χ0v) is 21.9. The standard InChI is InChI=1S/C28H25ClF2N6O2/c1-28(13-38-14-28)15-39-27-35-25-19(26(36-27)37-10-9-33-17(12-37)7-8-32)11-34-24(23(25)31)18-4-2-3-16-5-6-20(30)22(29)21(16)18/h2-6,11,17,33H,7,9-10,12-15H2,1H3. The van der Waals surface area contributed by atoms with E-state index in [0.29, 0.717) is 73.4 Å². The summed E-state index contributed by atoms with van der Waals surface area (Å²) < 4.78 is 42.0. The Morgan fingerprint density at radius 2 is 2.10 bits per heavy atom. The minimum Gasteiger partial charge on any atom is -0.463 e. The first-order valence-electron chi connectivity index (χ1n) is 12.7. The van der Waals surface area contributed by atoms with Crippen molar-refractivity contribution in [3.63, 3.8) is 0 Å². The maximum Gasteiger partial charge on any atom is 0.319 e. The first kappa shape index (κ1) is 25.6. The molecule has 4 heterocycles. The largest absolute Gasteiger partial charge is 0.463 e. The monoisotopic (exact) mass is 550 g/mol. The lowest BCUT2D eigenvalue weighted by Gasteiger charge is -2.37. The molecule has 0 aliphatic carbocycles. The van der Waals surface area contributed by atoms with Crippen molar-refractivity contribution >= 4 is 39.1 Å². The van der Waals surface area contributed by atoms with Gasteiger partial charge in [-0.25, -0.2) is 8.78 Å². The van der Waals surface area contributed by atoms with Crippen LogP contribution in [0, 0.1) is 28.4 Å². The number of ether oxygens (including phenoxy) is 2. The van der Waals surface area contributed by atoms with Crippen LogP contribution in [0.2, 0.25) is 5.02 Å². The predicted molar refractivity (Wildman–Crippen MR) is 144 cm³/mol. The van der Waals surface area contributed by atoms with Gasteiger partial charge in [-0.3, -0.25) is 4.98 Å². The van der Waals surface area contributed by atoms with Gasteiger partial charge >= 0.3 is 6.01 Å². The summed E-state index contributed by atoms with van der Waals surface area (Å²) in [6, 6.07) is 10.2. The van der Waals surface area contributed by atoms with Crippen molar-refractivity contribution in [2.45, 2.75) is 19.4 Å². The van der Waals surface area contributed by atoms with E-state index < -0.39 is 11.6 Å². The number of nitrogens with zero attached hydrogens (tertiary/aromatic N) is 5. The third-order valence-electron chi connectivity index (χ3n) is 7.18. The maximum absolute atomic E-state index is 16.4. The number of halogens is 3. The number of hydrogen-bond donors (Lipinski definition) is 1. The smallest absolute Gasteiger partial charge is 0.319 e. The molecule has 11 heteroatoms. The number of aromatic nitrogens is 3. The van der Waals surface area contributed by atoms with Gasteiger partial charge in [-0.2, -0.15) is 15.2 Å².